The molecular weight excluding hydrogens is 208 g/mol. The van der Waals surface area contributed by atoms with Crippen molar-refractivity contribution in [3.8, 4) is 0 Å². The van der Waals surface area contributed by atoms with Crippen LogP contribution in [0.15, 0.2) is 18.5 Å². The minimum Gasteiger partial charge on any atom is -0.387 e. The molecule has 2 aromatic rings. The van der Waals surface area contributed by atoms with E-state index in [0.717, 1.165) is 10.7 Å². The van der Waals surface area contributed by atoms with Gasteiger partial charge in [0.2, 0.25) is 0 Å². The number of nitrogens with zero attached hydrogens (tertiary/aromatic N) is 1. The van der Waals surface area contributed by atoms with Gasteiger partial charge in [-0.05, 0) is 25.5 Å². The van der Waals surface area contributed by atoms with Gasteiger partial charge in [0.1, 0.15) is 5.82 Å². The summed E-state index contributed by atoms with van der Waals surface area (Å²) < 4.78 is 0. The number of rotatable bonds is 3. The Morgan fingerprint density at radius 1 is 1.53 bits per heavy atom. The second-order valence-corrected chi connectivity index (χ2v) is 4.93. The van der Waals surface area contributed by atoms with Crippen LogP contribution in [-0.2, 0) is 6.42 Å². The van der Waals surface area contributed by atoms with Crippen molar-refractivity contribution in [1.82, 2.24) is 9.97 Å². The van der Waals surface area contributed by atoms with Gasteiger partial charge in [-0.3, -0.25) is 0 Å². The van der Waals surface area contributed by atoms with Crippen LogP contribution in [0, 0.1) is 13.8 Å². The quantitative estimate of drug-likeness (QED) is 0.837. The summed E-state index contributed by atoms with van der Waals surface area (Å²) in [6.07, 6.45) is 3.57. The predicted molar refractivity (Wildman–Crippen MR) is 61.0 cm³/mol. The molecule has 2 N–H and O–H groups in total. The van der Waals surface area contributed by atoms with E-state index in [2.05, 4.69) is 23.8 Å². The van der Waals surface area contributed by atoms with Crippen molar-refractivity contribution in [2.75, 3.05) is 0 Å². The molecule has 0 radical (unpaired) electrons. The van der Waals surface area contributed by atoms with Gasteiger partial charge in [-0.15, -0.1) is 11.3 Å². The summed E-state index contributed by atoms with van der Waals surface area (Å²) in [6.45, 7) is 4.14. The zero-order valence-electron chi connectivity index (χ0n) is 8.82. The zero-order valence-corrected chi connectivity index (χ0v) is 9.64. The predicted octanol–water partition coefficient (Wildman–Crippen LogP) is 2.36. The highest BCUT2D eigenvalue weighted by Gasteiger charge is 2.13. The highest BCUT2D eigenvalue weighted by Crippen LogP contribution is 2.27. The lowest BCUT2D eigenvalue weighted by Crippen LogP contribution is -2.00. The monoisotopic (exact) mass is 222 g/mol. The summed E-state index contributed by atoms with van der Waals surface area (Å²) in [5.41, 5.74) is 1.24. The molecule has 15 heavy (non-hydrogen) atoms. The van der Waals surface area contributed by atoms with Crippen LogP contribution in [-0.4, -0.2) is 15.1 Å². The number of aryl methyl sites for hydroxylation is 2. The van der Waals surface area contributed by atoms with E-state index in [0.29, 0.717) is 6.42 Å². The standard InChI is InChI=1S/C11H14N2OS/c1-7-5-10(15-8(7)2)9(14)6-11-12-3-4-13-11/h3-5,9,14H,6H2,1-2H3,(H,12,13). The Morgan fingerprint density at radius 3 is 2.87 bits per heavy atom. The molecule has 0 spiro atoms. The summed E-state index contributed by atoms with van der Waals surface area (Å²) >= 11 is 1.65. The first-order chi connectivity index (χ1) is 7.16. The number of H-pyrrole nitrogens is 1. The molecule has 0 aliphatic carbocycles. The molecule has 0 saturated heterocycles. The second kappa shape index (κ2) is 4.16. The third-order valence-corrected chi connectivity index (χ3v) is 3.71. The summed E-state index contributed by atoms with van der Waals surface area (Å²) in [7, 11) is 0. The highest BCUT2D eigenvalue weighted by molar-refractivity contribution is 7.12. The van der Waals surface area contributed by atoms with E-state index in [9.17, 15) is 5.11 Å². The molecule has 0 aliphatic heterocycles. The maximum atomic E-state index is 9.98. The molecule has 3 nitrogen and oxygen atoms in total. The zero-order chi connectivity index (χ0) is 10.8. The van der Waals surface area contributed by atoms with Crippen molar-refractivity contribution < 1.29 is 5.11 Å². The van der Waals surface area contributed by atoms with Gasteiger partial charge in [0, 0.05) is 28.6 Å². The molecule has 80 valence electrons. The van der Waals surface area contributed by atoms with Crippen molar-refractivity contribution in [1.29, 1.82) is 0 Å². The molecule has 0 aliphatic rings. The SMILES string of the molecule is Cc1cc(C(O)Cc2ncc[nH]2)sc1C. The maximum Gasteiger partial charge on any atom is 0.108 e. The van der Waals surface area contributed by atoms with Crippen LogP contribution in [0.3, 0.4) is 0 Å². The smallest absolute Gasteiger partial charge is 0.108 e. The Bertz CT molecular complexity index is 414. The van der Waals surface area contributed by atoms with Crippen LogP contribution in [0.2, 0.25) is 0 Å². The molecule has 0 bridgehead atoms. The Hall–Kier alpha value is -1.13. The second-order valence-electron chi connectivity index (χ2n) is 3.64. The van der Waals surface area contributed by atoms with Crippen molar-refractivity contribution in [3.63, 3.8) is 0 Å². The van der Waals surface area contributed by atoms with Crippen LogP contribution in [0.1, 0.15) is 27.2 Å². The largest absolute Gasteiger partial charge is 0.387 e. The van der Waals surface area contributed by atoms with Crippen molar-refractivity contribution in [2.45, 2.75) is 26.4 Å². The van der Waals surface area contributed by atoms with Crippen molar-refractivity contribution in [2.24, 2.45) is 0 Å². The Balaban J connectivity index is 2.11. The Labute approximate surface area is 92.8 Å². The van der Waals surface area contributed by atoms with Crippen LogP contribution < -0.4 is 0 Å². The third-order valence-electron chi connectivity index (χ3n) is 2.46. The fourth-order valence-electron chi connectivity index (χ4n) is 1.46. The van der Waals surface area contributed by atoms with Crippen LogP contribution in [0.4, 0.5) is 0 Å². The minimum absolute atomic E-state index is 0.450. The normalized spacial score (nSPS) is 13.0. The lowest BCUT2D eigenvalue weighted by Gasteiger charge is -2.05. The number of thiophene rings is 1. The maximum absolute atomic E-state index is 9.98. The van der Waals surface area contributed by atoms with E-state index in [-0.39, 0.29) is 0 Å². The number of hydrogen-bond acceptors (Lipinski definition) is 3. The number of aromatic amines is 1. The van der Waals surface area contributed by atoms with E-state index in [1.54, 1.807) is 23.7 Å². The molecule has 0 amide bonds. The molecule has 0 fully saturated rings. The first-order valence-corrected chi connectivity index (χ1v) is 5.71. The highest BCUT2D eigenvalue weighted by atomic mass is 32.1. The lowest BCUT2D eigenvalue weighted by molar-refractivity contribution is 0.180. The first-order valence-electron chi connectivity index (χ1n) is 4.90. The van der Waals surface area contributed by atoms with Gasteiger partial charge >= 0.3 is 0 Å². The van der Waals surface area contributed by atoms with Crippen molar-refractivity contribution in [3.05, 3.63) is 39.6 Å². The minimum atomic E-state index is -0.450. The van der Waals surface area contributed by atoms with Crippen LogP contribution >= 0.6 is 11.3 Å². The lowest BCUT2D eigenvalue weighted by atomic mass is 10.2. The fourth-order valence-corrected chi connectivity index (χ4v) is 2.49. The van der Waals surface area contributed by atoms with Crippen LogP contribution in [0.25, 0.3) is 0 Å². The van der Waals surface area contributed by atoms with E-state index in [1.165, 1.54) is 10.4 Å². The molecule has 2 rings (SSSR count). The fraction of sp³-hybridized carbons (Fsp3) is 0.364. The molecule has 1 unspecified atom stereocenters. The molecule has 2 aromatic heterocycles. The summed E-state index contributed by atoms with van der Waals surface area (Å²) in [4.78, 5) is 9.38. The number of hydrogen-bond donors (Lipinski definition) is 2. The molecule has 4 heteroatoms. The number of imidazole rings is 1. The topological polar surface area (TPSA) is 48.9 Å². The van der Waals surface area contributed by atoms with Crippen molar-refractivity contribution >= 4 is 11.3 Å². The Kier molecular flexibility index (Phi) is 2.88. The number of aromatic nitrogens is 2. The van der Waals surface area contributed by atoms with E-state index in [1.807, 2.05) is 6.07 Å². The van der Waals surface area contributed by atoms with Gasteiger partial charge < -0.3 is 10.1 Å². The molecule has 0 aromatic carbocycles. The van der Waals surface area contributed by atoms with E-state index < -0.39 is 6.10 Å². The van der Waals surface area contributed by atoms with E-state index >= 15 is 0 Å². The van der Waals surface area contributed by atoms with Crippen LogP contribution in [0.5, 0.6) is 0 Å². The Morgan fingerprint density at radius 2 is 2.33 bits per heavy atom. The number of nitrogens with one attached hydrogen (secondary N) is 1. The van der Waals surface area contributed by atoms with Gasteiger partial charge in [0.05, 0.1) is 6.10 Å². The summed E-state index contributed by atoms with van der Waals surface area (Å²) in [5, 5.41) is 9.98. The summed E-state index contributed by atoms with van der Waals surface area (Å²) in [5.74, 6) is 0.825. The van der Waals surface area contributed by atoms with Gasteiger partial charge in [-0.25, -0.2) is 4.98 Å². The van der Waals surface area contributed by atoms with Gasteiger partial charge in [-0.2, -0.15) is 0 Å². The molecular formula is C11H14N2OS. The average molecular weight is 222 g/mol. The molecule has 0 saturated carbocycles. The third kappa shape index (κ3) is 2.27. The van der Waals surface area contributed by atoms with Gasteiger partial charge in [0.25, 0.3) is 0 Å². The van der Waals surface area contributed by atoms with Gasteiger partial charge in [-0.1, -0.05) is 0 Å². The average Bonchev–Trinajstić information content (AvgIpc) is 2.78. The van der Waals surface area contributed by atoms with E-state index in [4.69, 9.17) is 0 Å². The first kappa shape index (κ1) is 10.4. The molecule has 1 atom stereocenters. The number of aliphatic hydroxyl groups excluding tert-OH is 1. The molecule has 2 heterocycles. The van der Waals surface area contributed by atoms with Gasteiger partial charge in [0.15, 0.2) is 0 Å². The number of aliphatic hydroxyl groups is 1. The summed E-state index contributed by atoms with van der Waals surface area (Å²) in [6, 6.07) is 2.05.